The van der Waals surface area contributed by atoms with Crippen LogP contribution < -0.4 is 14.8 Å². The van der Waals surface area contributed by atoms with Gasteiger partial charge < -0.3 is 15.2 Å². The Balaban J connectivity index is 1.65. The number of ether oxygens (including phenoxy) is 1. The number of rotatable bonds is 7. The molecule has 0 saturated heterocycles. The lowest BCUT2D eigenvalue weighted by atomic mass is 10.0. The zero-order valence-corrected chi connectivity index (χ0v) is 19.0. The van der Waals surface area contributed by atoms with Gasteiger partial charge in [-0.25, -0.2) is 13.2 Å². The highest BCUT2D eigenvalue weighted by Crippen LogP contribution is 2.36. The number of para-hydroxylation sites is 1. The van der Waals surface area contributed by atoms with E-state index in [9.17, 15) is 31.2 Å². The number of hydrogen-bond acceptors (Lipinski definition) is 5. The van der Waals surface area contributed by atoms with Crippen LogP contribution in [0.25, 0.3) is 11.6 Å². The van der Waals surface area contributed by atoms with Crippen molar-refractivity contribution in [2.24, 2.45) is 0 Å². The molecule has 8 nitrogen and oxygen atoms in total. The highest BCUT2D eigenvalue weighted by molar-refractivity contribution is 7.92. The van der Waals surface area contributed by atoms with E-state index in [1.165, 1.54) is 30.3 Å². The fourth-order valence-corrected chi connectivity index (χ4v) is 4.53. The third-order valence-corrected chi connectivity index (χ3v) is 6.50. The van der Waals surface area contributed by atoms with Gasteiger partial charge in [0, 0.05) is 28.1 Å². The summed E-state index contributed by atoms with van der Waals surface area (Å²) in [6, 6.07) is 13.8. The summed E-state index contributed by atoms with van der Waals surface area (Å²) in [5.41, 5.74) is 0.135. The molecule has 1 heterocycles. The lowest BCUT2D eigenvalue weighted by molar-refractivity contribution is -0.139. The average Bonchev–Trinajstić information content (AvgIpc) is 3.12. The normalized spacial score (nSPS) is 14.3. The lowest BCUT2D eigenvalue weighted by Crippen LogP contribution is -2.13. The molecule has 0 bridgehead atoms. The van der Waals surface area contributed by atoms with E-state index in [0.29, 0.717) is 11.3 Å². The molecule has 0 atom stereocenters. The molecule has 0 unspecified atom stereocenters. The van der Waals surface area contributed by atoms with Crippen LogP contribution in [0.5, 0.6) is 5.75 Å². The van der Waals surface area contributed by atoms with Gasteiger partial charge in [-0.15, -0.1) is 0 Å². The van der Waals surface area contributed by atoms with Crippen LogP contribution in [0.4, 0.5) is 24.5 Å². The van der Waals surface area contributed by atoms with Crippen LogP contribution in [0.2, 0.25) is 0 Å². The van der Waals surface area contributed by atoms with E-state index in [1.54, 1.807) is 18.2 Å². The Morgan fingerprint density at radius 2 is 1.75 bits per heavy atom. The van der Waals surface area contributed by atoms with Gasteiger partial charge in [0.15, 0.2) is 6.61 Å². The van der Waals surface area contributed by atoms with Crippen LogP contribution in [0.1, 0.15) is 16.7 Å². The maximum Gasteiger partial charge on any atom is 0.416 e. The summed E-state index contributed by atoms with van der Waals surface area (Å²) in [7, 11) is -4.21. The number of alkyl halides is 3. The Bertz CT molecular complexity index is 1480. The largest absolute Gasteiger partial charge is 0.481 e. The zero-order chi connectivity index (χ0) is 26.1. The van der Waals surface area contributed by atoms with E-state index in [0.717, 1.165) is 24.3 Å². The number of amides is 1. The van der Waals surface area contributed by atoms with Gasteiger partial charge in [-0.2, -0.15) is 13.2 Å². The van der Waals surface area contributed by atoms with Crippen molar-refractivity contribution in [2.75, 3.05) is 16.6 Å². The molecule has 3 N–H and O–H groups in total. The van der Waals surface area contributed by atoms with Gasteiger partial charge in [-0.1, -0.05) is 18.2 Å². The van der Waals surface area contributed by atoms with Crippen molar-refractivity contribution < 1.29 is 41.0 Å². The fraction of sp³-hybridized carbons (Fsp3) is 0.0833. The molecule has 0 fully saturated rings. The number of carbonyl (C=O) groups is 2. The molecule has 1 aliphatic heterocycles. The first-order valence-electron chi connectivity index (χ1n) is 10.3. The third kappa shape index (κ3) is 5.33. The Morgan fingerprint density at radius 1 is 1.06 bits per heavy atom. The maximum absolute atomic E-state index is 12.9. The molecule has 0 aromatic heterocycles. The van der Waals surface area contributed by atoms with Crippen LogP contribution in [0.3, 0.4) is 0 Å². The Morgan fingerprint density at radius 3 is 2.42 bits per heavy atom. The number of anilines is 2. The minimum Gasteiger partial charge on any atom is -0.481 e. The van der Waals surface area contributed by atoms with Gasteiger partial charge in [-0.05, 0) is 54.6 Å². The van der Waals surface area contributed by atoms with E-state index >= 15 is 0 Å². The molecule has 1 amide bonds. The van der Waals surface area contributed by atoms with Crippen molar-refractivity contribution in [1.82, 2.24) is 0 Å². The monoisotopic (exact) mass is 518 g/mol. The predicted octanol–water partition coefficient (Wildman–Crippen LogP) is 4.46. The Kier molecular flexibility index (Phi) is 6.46. The van der Waals surface area contributed by atoms with E-state index in [4.69, 9.17) is 9.84 Å². The summed E-state index contributed by atoms with van der Waals surface area (Å²) in [6.45, 7) is -0.596. The molecule has 4 rings (SSSR count). The molecule has 36 heavy (non-hydrogen) atoms. The van der Waals surface area contributed by atoms with Gasteiger partial charge in [0.1, 0.15) is 5.75 Å². The molecule has 0 aliphatic carbocycles. The summed E-state index contributed by atoms with van der Waals surface area (Å²) in [6.07, 6.45) is -3.12. The van der Waals surface area contributed by atoms with Crippen molar-refractivity contribution in [3.8, 4) is 5.75 Å². The Hall–Kier alpha value is -4.32. The summed E-state index contributed by atoms with van der Waals surface area (Å²) >= 11 is 0. The number of carboxylic acid groups (broad SMARTS) is 1. The predicted molar refractivity (Wildman–Crippen MR) is 125 cm³/mol. The molecule has 186 valence electrons. The molecule has 0 radical (unpaired) electrons. The molecular weight excluding hydrogens is 501 g/mol. The van der Waals surface area contributed by atoms with Gasteiger partial charge >= 0.3 is 12.1 Å². The first-order chi connectivity index (χ1) is 16.9. The maximum atomic E-state index is 12.9. The highest BCUT2D eigenvalue weighted by atomic mass is 32.2. The van der Waals surface area contributed by atoms with Crippen molar-refractivity contribution in [3.63, 3.8) is 0 Å². The minimum absolute atomic E-state index is 0.0713. The van der Waals surface area contributed by atoms with Crippen molar-refractivity contribution in [1.29, 1.82) is 0 Å². The van der Waals surface area contributed by atoms with Crippen LogP contribution in [-0.4, -0.2) is 32.0 Å². The van der Waals surface area contributed by atoms with E-state index in [2.05, 4.69) is 10.0 Å². The number of benzene rings is 3. The second kappa shape index (κ2) is 9.38. The van der Waals surface area contributed by atoms with Gasteiger partial charge in [0.25, 0.3) is 15.9 Å². The van der Waals surface area contributed by atoms with E-state index in [1.807, 2.05) is 0 Å². The standard InChI is InChI=1S/C24H17F3N2O6S/c25-24(26,27)15-5-7-16(8-6-15)29-36(33,34)17-9-10-20-18(12-17)19(23(32)28-20)11-14-3-1-2-4-21(14)35-13-22(30)31/h1-12,29H,13H2,(H,28,32)(H,30,31). The first kappa shape index (κ1) is 24.8. The van der Waals surface area contributed by atoms with Crippen LogP contribution in [-0.2, 0) is 25.8 Å². The second-order valence-electron chi connectivity index (χ2n) is 7.62. The van der Waals surface area contributed by atoms with Crippen molar-refractivity contribution in [2.45, 2.75) is 11.1 Å². The summed E-state index contributed by atoms with van der Waals surface area (Å²) in [5.74, 6) is -1.48. The molecule has 3 aromatic carbocycles. The quantitative estimate of drug-likeness (QED) is 0.397. The zero-order valence-electron chi connectivity index (χ0n) is 18.2. The van der Waals surface area contributed by atoms with Crippen molar-refractivity contribution >= 4 is 44.9 Å². The highest BCUT2D eigenvalue weighted by Gasteiger charge is 2.30. The number of aliphatic carboxylic acids is 1. The summed E-state index contributed by atoms with van der Waals surface area (Å²) in [5, 5.41) is 11.5. The summed E-state index contributed by atoms with van der Waals surface area (Å²) in [4.78, 5) is 23.2. The number of nitrogens with one attached hydrogen (secondary N) is 2. The SMILES string of the molecule is O=C(O)COc1ccccc1C=C1C(=O)Nc2ccc(S(=O)(=O)Nc3ccc(C(F)(F)F)cc3)cc21. The van der Waals surface area contributed by atoms with E-state index in [-0.39, 0.29) is 27.5 Å². The molecule has 12 heteroatoms. The Labute approximate surface area is 203 Å². The second-order valence-corrected chi connectivity index (χ2v) is 9.30. The number of carboxylic acids is 1. The van der Waals surface area contributed by atoms with Gasteiger partial charge in [0.05, 0.1) is 10.5 Å². The molecule has 0 spiro atoms. The minimum atomic E-state index is -4.56. The number of carbonyl (C=O) groups excluding carboxylic acids is 1. The topological polar surface area (TPSA) is 122 Å². The van der Waals surface area contributed by atoms with Crippen LogP contribution in [0.15, 0.2) is 71.6 Å². The van der Waals surface area contributed by atoms with Crippen LogP contribution in [0, 0.1) is 0 Å². The van der Waals surface area contributed by atoms with Crippen molar-refractivity contribution in [3.05, 3.63) is 83.4 Å². The van der Waals surface area contributed by atoms with Crippen LogP contribution >= 0.6 is 0 Å². The number of hydrogen-bond donors (Lipinski definition) is 3. The molecule has 0 saturated carbocycles. The fourth-order valence-electron chi connectivity index (χ4n) is 3.45. The third-order valence-electron chi connectivity index (χ3n) is 5.12. The van der Waals surface area contributed by atoms with Gasteiger partial charge in [0.2, 0.25) is 0 Å². The molecule has 3 aromatic rings. The average molecular weight is 518 g/mol. The lowest BCUT2D eigenvalue weighted by Gasteiger charge is -2.11. The molecule has 1 aliphatic rings. The number of halogens is 3. The summed E-state index contributed by atoms with van der Waals surface area (Å²) < 4.78 is 71.6. The van der Waals surface area contributed by atoms with Gasteiger partial charge in [-0.3, -0.25) is 9.52 Å². The van der Waals surface area contributed by atoms with E-state index < -0.39 is 40.2 Å². The first-order valence-corrected chi connectivity index (χ1v) is 11.7. The molecular formula is C24H17F3N2O6S. The number of sulfonamides is 1. The smallest absolute Gasteiger partial charge is 0.416 e. The number of fused-ring (bicyclic) bond motifs is 1.